The van der Waals surface area contributed by atoms with Crippen molar-refractivity contribution in [3.05, 3.63) is 65.9 Å². The summed E-state index contributed by atoms with van der Waals surface area (Å²) < 4.78 is 47.4. The fourth-order valence-electron chi connectivity index (χ4n) is 7.01. The number of anilines is 3. The van der Waals surface area contributed by atoms with E-state index in [9.17, 15) is 8.78 Å². The summed E-state index contributed by atoms with van der Waals surface area (Å²) in [6.07, 6.45) is 6.16. The van der Waals surface area contributed by atoms with Crippen LogP contribution in [0.3, 0.4) is 0 Å². The average molecular weight is 619 g/mol. The molecule has 3 aliphatic heterocycles. The van der Waals surface area contributed by atoms with Gasteiger partial charge in [0, 0.05) is 45.0 Å². The van der Waals surface area contributed by atoms with Gasteiger partial charge in [0.15, 0.2) is 11.5 Å². The van der Waals surface area contributed by atoms with E-state index in [1.54, 1.807) is 7.11 Å². The minimum absolute atomic E-state index is 0.337. The van der Waals surface area contributed by atoms with Crippen LogP contribution in [0.15, 0.2) is 48.7 Å². The van der Waals surface area contributed by atoms with Gasteiger partial charge in [-0.25, -0.2) is 18.7 Å². The van der Waals surface area contributed by atoms with E-state index in [1.165, 1.54) is 17.4 Å². The lowest BCUT2D eigenvalue weighted by atomic mass is 9.72. The van der Waals surface area contributed by atoms with Crippen LogP contribution < -0.4 is 15.0 Å². The average Bonchev–Trinajstić information content (AvgIpc) is 3.47. The molecule has 4 aromatic rings. The van der Waals surface area contributed by atoms with Crippen LogP contribution in [0.4, 0.5) is 25.8 Å². The second-order valence-electron chi connectivity index (χ2n) is 12.4. The van der Waals surface area contributed by atoms with Crippen molar-refractivity contribution in [2.45, 2.75) is 64.0 Å². The number of ether oxygens (including phenoxy) is 3. The smallest absolute Gasteiger partial charge is 0.295 e. The monoisotopic (exact) mass is 618 g/mol. The molecule has 1 unspecified atom stereocenters. The number of alkyl halides is 2. The maximum Gasteiger partial charge on any atom is 0.295 e. The molecule has 1 N–H and O–H groups in total. The van der Waals surface area contributed by atoms with Crippen LogP contribution in [0, 0.1) is 5.41 Å². The van der Waals surface area contributed by atoms with Crippen molar-refractivity contribution in [2.24, 2.45) is 5.41 Å². The van der Waals surface area contributed by atoms with Crippen molar-refractivity contribution >= 4 is 28.2 Å². The van der Waals surface area contributed by atoms with Gasteiger partial charge in [-0.15, -0.1) is 0 Å². The highest BCUT2D eigenvalue weighted by molar-refractivity contribution is 5.89. The Morgan fingerprint density at radius 3 is 2.51 bits per heavy atom. The van der Waals surface area contributed by atoms with E-state index in [0.29, 0.717) is 58.8 Å². The summed E-state index contributed by atoms with van der Waals surface area (Å²) >= 11 is 0. The lowest BCUT2D eigenvalue weighted by Gasteiger charge is -2.44. The zero-order chi connectivity index (χ0) is 30.8. The standard InChI is InChI=1S/C34H40F2N6O3/c1-43-28-7-3-2-6-26(28)39-27-21-24(38-32-30(27)40-33(31(35)36)42(32)29-8-4-5-17-45-29)20-23-9-10-25(22-37-23)41-15-11-34(12-16-41)13-18-44-19-14-34/h2-3,6-7,9-10,21-22,29,31H,4-5,8,11-20H2,1H3,(H,38,39). The van der Waals surface area contributed by atoms with Crippen LogP contribution in [0.25, 0.3) is 11.2 Å². The first-order valence-corrected chi connectivity index (χ1v) is 16.0. The van der Waals surface area contributed by atoms with Gasteiger partial charge in [0.2, 0.25) is 0 Å². The van der Waals surface area contributed by atoms with Gasteiger partial charge < -0.3 is 24.4 Å². The predicted octanol–water partition coefficient (Wildman–Crippen LogP) is 7.20. The Kier molecular flexibility index (Phi) is 8.55. The van der Waals surface area contributed by atoms with Gasteiger partial charge >= 0.3 is 0 Å². The highest BCUT2D eigenvalue weighted by Gasteiger charge is 2.36. The van der Waals surface area contributed by atoms with Crippen molar-refractivity contribution < 1.29 is 23.0 Å². The molecular weight excluding hydrogens is 578 g/mol. The third kappa shape index (κ3) is 6.20. The number of pyridine rings is 2. The molecule has 0 bridgehead atoms. The predicted molar refractivity (Wildman–Crippen MR) is 169 cm³/mol. The van der Waals surface area contributed by atoms with Crippen LogP contribution in [0.2, 0.25) is 0 Å². The number of aromatic nitrogens is 4. The van der Waals surface area contributed by atoms with E-state index in [1.807, 2.05) is 42.6 Å². The van der Waals surface area contributed by atoms with Gasteiger partial charge in [-0.3, -0.25) is 9.55 Å². The molecule has 9 nitrogen and oxygen atoms in total. The minimum atomic E-state index is -2.78. The minimum Gasteiger partial charge on any atom is -0.495 e. The number of halogens is 2. The Hall–Kier alpha value is -3.83. The Morgan fingerprint density at radius 1 is 0.978 bits per heavy atom. The number of methoxy groups -OCH3 is 1. The van der Waals surface area contributed by atoms with Gasteiger partial charge in [-0.1, -0.05) is 12.1 Å². The highest BCUT2D eigenvalue weighted by Crippen LogP contribution is 2.42. The van der Waals surface area contributed by atoms with E-state index in [2.05, 4.69) is 21.3 Å². The molecule has 3 aromatic heterocycles. The molecule has 45 heavy (non-hydrogen) atoms. The summed E-state index contributed by atoms with van der Waals surface area (Å²) in [4.78, 5) is 16.6. The van der Waals surface area contributed by atoms with Crippen LogP contribution >= 0.6 is 0 Å². The number of nitrogens with one attached hydrogen (secondary N) is 1. The van der Waals surface area contributed by atoms with Gasteiger partial charge in [-0.2, -0.15) is 0 Å². The molecule has 7 rings (SSSR count). The fourth-order valence-corrected chi connectivity index (χ4v) is 7.01. The molecule has 0 saturated carbocycles. The molecule has 1 aromatic carbocycles. The van der Waals surface area contributed by atoms with Gasteiger partial charge in [0.25, 0.3) is 6.43 Å². The van der Waals surface area contributed by atoms with Crippen molar-refractivity contribution in [2.75, 3.05) is 50.2 Å². The Morgan fingerprint density at radius 2 is 1.80 bits per heavy atom. The van der Waals surface area contributed by atoms with E-state index in [0.717, 1.165) is 63.4 Å². The molecule has 1 spiro atoms. The number of nitrogens with zero attached hydrogens (tertiary/aromatic N) is 5. The van der Waals surface area contributed by atoms with E-state index >= 15 is 0 Å². The second kappa shape index (κ2) is 12.9. The highest BCUT2D eigenvalue weighted by atomic mass is 19.3. The molecular formula is C34H40F2N6O3. The number of hydrogen-bond acceptors (Lipinski definition) is 8. The van der Waals surface area contributed by atoms with E-state index in [4.69, 9.17) is 24.2 Å². The SMILES string of the molecule is COc1ccccc1Nc1cc(Cc2ccc(N3CCC4(CCOCC4)CC3)cn2)nc2c1nc(C(F)F)n2C1CCCCO1. The van der Waals surface area contributed by atoms with Crippen molar-refractivity contribution in [1.29, 1.82) is 0 Å². The first kappa shape index (κ1) is 29.9. The molecule has 3 aliphatic rings. The molecule has 11 heteroatoms. The molecule has 0 radical (unpaired) electrons. The molecule has 3 fully saturated rings. The quantitative estimate of drug-likeness (QED) is 0.222. The lowest BCUT2D eigenvalue weighted by Crippen LogP contribution is -2.43. The number of imidazole rings is 1. The number of fused-ring (bicyclic) bond motifs is 1. The molecule has 6 heterocycles. The maximum absolute atomic E-state index is 14.4. The Labute approximate surface area is 261 Å². The van der Waals surface area contributed by atoms with Crippen LogP contribution in [0.5, 0.6) is 5.75 Å². The zero-order valence-electron chi connectivity index (χ0n) is 25.7. The van der Waals surface area contributed by atoms with Gasteiger partial charge in [0.1, 0.15) is 17.5 Å². The molecule has 1 atom stereocenters. The number of hydrogen-bond donors (Lipinski definition) is 1. The first-order valence-electron chi connectivity index (χ1n) is 16.0. The molecule has 3 saturated heterocycles. The van der Waals surface area contributed by atoms with E-state index < -0.39 is 12.7 Å². The zero-order valence-corrected chi connectivity index (χ0v) is 25.7. The van der Waals surface area contributed by atoms with Gasteiger partial charge in [0.05, 0.1) is 36.1 Å². The van der Waals surface area contributed by atoms with Crippen LogP contribution in [0.1, 0.15) is 74.8 Å². The summed E-state index contributed by atoms with van der Waals surface area (Å²) in [5.41, 5.74) is 5.11. The van der Waals surface area contributed by atoms with Crippen molar-refractivity contribution in [3.63, 3.8) is 0 Å². The first-order chi connectivity index (χ1) is 22.0. The topological polar surface area (TPSA) is 86.6 Å². The van der Waals surface area contributed by atoms with Crippen LogP contribution in [-0.2, 0) is 15.9 Å². The molecule has 0 aliphatic carbocycles. The second-order valence-corrected chi connectivity index (χ2v) is 12.4. The van der Waals surface area contributed by atoms with Crippen molar-refractivity contribution in [3.8, 4) is 5.75 Å². The Balaban J connectivity index is 1.19. The third-order valence-electron chi connectivity index (χ3n) is 9.66. The fraction of sp³-hybridized carbons (Fsp3) is 0.500. The molecule has 0 amide bonds. The van der Waals surface area contributed by atoms with E-state index in [-0.39, 0.29) is 5.82 Å². The largest absolute Gasteiger partial charge is 0.495 e. The maximum atomic E-state index is 14.4. The Bertz CT molecular complexity index is 1610. The third-order valence-corrected chi connectivity index (χ3v) is 9.66. The number of para-hydroxylation sites is 2. The van der Waals surface area contributed by atoms with Crippen molar-refractivity contribution in [1.82, 2.24) is 19.5 Å². The normalized spacial score (nSPS) is 20.2. The number of benzene rings is 1. The number of rotatable bonds is 8. The summed E-state index contributed by atoms with van der Waals surface area (Å²) in [5.74, 6) is 0.294. The summed E-state index contributed by atoms with van der Waals surface area (Å²) in [6.45, 7) is 4.32. The lowest BCUT2D eigenvalue weighted by molar-refractivity contribution is -0.0363. The van der Waals surface area contributed by atoms with Gasteiger partial charge in [-0.05, 0) is 80.7 Å². The summed E-state index contributed by atoms with van der Waals surface area (Å²) in [5, 5.41) is 3.39. The molecule has 238 valence electrons. The number of piperidine rings is 1. The summed E-state index contributed by atoms with van der Waals surface area (Å²) in [7, 11) is 1.60. The van der Waals surface area contributed by atoms with Crippen LogP contribution in [-0.4, -0.2) is 59.5 Å². The summed E-state index contributed by atoms with van der Waals surface area (Å²) in [6, 6.07) is 13.5.